The van der Waals surface area contributed by atoms with Crippen molar-refractivity contribution in [2.75, 3.05) is 45.9 Å². The summed E-state index contributed by atoms with van der Waals surface area (Å²) in [6, 6.07) is 4.67. The van der Waals surface area contributed by atoms with Crippen LogP contribution in [0, 0.1) is 0 Å². The summed E-state index contributed by atoms with van der Waals surface area (Å²) in [5, 5.41) is 3.15. The van der Waals surface area contributed by atoms with Crippen LogP contribution in [0.3, 0.4) is 0 Å². The van der Waals surface area contributed by atoms with E-state index < -0.39 is 0 Å². The summed E-state index contributed by atoms with van der Waals surface area (Å²) in [4.78, 5) is 21.0. The van der Waals surface area contributed by atoms with Gasteiger partial charge >= 0.3 is 6.03 Å². The molecule has 2 amide bonds. The Morgan fingerprint density at radius 3 is 2.56 bits per heavy atom. The van der Waals surface area contributed by atoms with Crippen molar-refractivity contribution in [3.63, 3.8) is 0 Å². The molecule has 2 aliphatic rings. The van der Waals surface area contributed by atoms with Crippen LogP contribution in [0.4, 0.5) is 4.79 Å². The molecule has 6 nitrogen and oxygen atoms in total. The van der Waals surface area contributed by atoms with Crippen molar-refractivity contribution < 1.29 is 9.53 Å². The number of ether oxygens (including phenoxy) is 1. The minimum absolute atomic E-state index is 0.0832. The van der Waals surface area contributed by atoms with Gasteiger partial charge in [-0.25, -0.2) is 4.79 Å². The molecule has 0 bridgehead atoms. The number of aromatic nitrogens is 1. The van der Waals surface area contributed by atoms with E-state index in [1.165, 1.54) is 5.56 Å². The standard InChI is InChI=1S/C19H30N4O2/c1-2-18(22-11-13-25-14-12-22)15-21-19(24)23-9-5-17(6-10-23)16-3-7-20-8-4-16/h3-4,7-8,17-18H,2,5-6,9-15H2,1H3,(H,21,24)/t18-/m1/s1. The number of piperidine rings is 1. The van der Waals surface area contributed by atoms with Crippen LogP contribution in [-0.2, 0) is 4.74 Å². The normalized spacial score (nSPS) is 21.1. The molecule has 1 atom stereocenters. The van der Waals surface area contributed by atoms with Gasteiger partial charge in [-0.3, -0.25) is 9.88 Å². The molecule has 0 aromatic carbocycles. The van der Waals surface area contributed by atoms with Gasteiger partial charge < -0.3 is 15.0 Å². The number of urea groups is 1. The van der Waals surface area contributed by atoms with Gasteiger partial charge in [0.2, 0.25) is 0 Å². The summed E-state index contributed by atoms with van der Waals surface area (Å²) >= 11 is 0. The van der Waals surface area contributed by atoms with Gasteiger partial charge in [0.1, 0.15) is 0 Å². The van der Waals surface area contributed by atoms with Crippen molar-refractivity contribution in [2.24, 2.45) is 0 Å². The van der Waals surface area contributed by atoms with Gasteiger partial charge in [0.15, 0.2) is 0 Å². The molecule has 2 fully saturated rings. The Morgan fingerprint density at radius 2 is 1.92 bits per heavy atom. The highest BCUT2D eigenvalue weighted by atomic mass is 16.5. The highest BCUT2D eigenvalue weighted by Gasteiger charge is 2.25. The van der Waals surface area contributed by atoms with Crippen molar-refractivity contribution in [3.8, 4) is 0 Å². The smallest absolute Gasteiger partial charge is 0.317 e. The van der Waals surface area contributed by atoms with Crippen LogP contribution < -0.4 is 5.32 Å². The Hall–Kier alpha value is -1.66. The Kier molecular flexibility index (Phi) is 6.64. The van der Waals surface area contributed by atoms with Gasteiger partial charge in [0, 0.05) is 51.2 Å². The first-order valence-corrected chi connectivity index (χ1v) is 9.52. The highest BCUT2D eigenvalue weighted by Crippen LogP contribution is 2.27. The van der Waals surface area contributed by atoms with Gasteiger partial charge in [0.25, 0.3) is 0 Å². The number of carbonyl (C=O) groups excluding carboxylic acids is 1. The summed E-state index contributed by atoms with van der Waals surface area (Å²) in [7, 11) is 0. The molecular formula is C19H30N4O2. The van der Waals surface area contributed by atoms with E-state index in [2.05, 4.69) is 34.3 Å². The first kappa shape index (κ1) is 18.1. The second kappa shape index (κ2) is 9.15. The van der Waals surface area contributed by atoms with E-state index in [4.69, 9.17) is 4.74 Å². The molecule has 1 aromatic rings. The Balaban J connectivity index is 1.43. The number of amides is 2. The van der Waals surface area contributed by atoms with Crippen molar-refractivity contribution in [1.29, 1.82) is 0 Å². The second-order valence-electron chi connectivity index (χ2n) is 6.94. The fourth-order valence-corrected chi connectivity index (χ4v) is 3.84. The number of likely N-dealkylation sites (tertiary alicyclic amines) is 1. The number of pyridine rings is 1. The molecule has 2 saturated heterocycles. The maximum absolute atomic E-state index is 12.5. The zero-order valence-electron chi connectivity index (χ0n) is 15.2. The van der Waals surface area contributed by atoms with Crippen molar-refractivity contribution >= 4 is 6.03 Å². The minimum atomic E-state index is 0.0832. The Labute approximate surface area is 150 Å². The predicted molar refractivity (Wildman–Crippen MR) is 97.7 cm³/mol. The fourth-order valence-electron chi connectivity index (χ4n) is 3.84. The van der Waals surface area contributed by atoms with E-state index in [0.29, 0.717) is 12.0 Å². The van der Waals surface area contributed by atoms with Crippen LogP contribution >= 0.6 is 0 Å². The molecule has 1 N–H and O–H groups in total. The molecule has 2 aliphatic heterocycles. The lowest BCUT2D eigenvalue weighted by atomic mass is 9.90. The van der Waals surface area contributed by atoms with E-state index in [-0.39, 0.29) is 6.03 Å². The van der Waals surface area contributed by atoms with Gasteiger partial charge in [0.05, 0.1) is 13.2 Å². The summed E-state index contributed by atoms with van der Waals surface area (Å²) in [6.07, 6.45) is 6.80. The molecule has 0 spiro atoms. The molecule has 0 saturated carbocycles. The van der Waals surface area contributed by atoms with Crippen LogP contribution in [0.25, 0.3) is 0 Å². The maximum Gasteiger partial charge on any atom is 0.317 e. The summed E-state index contributed by atoms with van der Waals surface area (Å²) < 4.78 is 5.42. The summed E-state index contributed by atoms with van der Waals surface area (Å²) in [5.74, 6) is 0.545. The van der Waals surface area contributed by atoms with E-state index in [9.17, 15) is 4.79 Å². The summed E-state index contributed by atoms with van der Waals surface area (Å²) in [6.45, 7) is 8.09. The van der Waals surface area contributed by atoms with Crippen molar-refractivity contribution in [1.82, 2.24) is 20.1 Å². The van der Waals surface area contributed by atoms with Gasteiger partial charge in [-0.15, -0.1) is 0 Å². The first-order valence-electron chi connectivity index (χ1n) is 9.52. The molecule has 0 unspecified atom stereocenters. The zero-order valence-corrected chi connectivity index (χ0v) is 15.2. The molecule has 0 radical (unpaired) electrons. The molecule has 3 rings (SSSR count). The van der Waals surface area contributed by atoms with Crippen LogP contribution in [-0.4, -0.2) is 72.8 Å². The number of nitrogens with one attached hydrogen (secondary N) is 1. The third kappa shape index (κ3) is 4.92. The predicted octanol–water partition coefficient (Wildman–Crippen LogP) is 2.08. The summed E-state index contributed by atoms with van der Waals surface area (Å²) in [5.41, 5.74) is 1.34. The minimum Gasteiger partial charge on any atom is -0.379 e. The molecule has 25 heavy (non-hydrogen) atoms. The maximum atomic E-state index is 12.5. The topological polar surface area (TPSA) is 57.7 Å². The largest absolute Gasteiger partial charge is 0.379 e. The number of morpholine rings is 1. The number of rotatable bonds is 5. The molecule has 1 aromatic heterocycles. The molecule has 3 heterocycles. The lowest BCUT2D eigenvalue weighted by Crippen LogP contribution is -2.51. The Bertz CT molecular complexity index is 525. The van der Waals surface area contributed by atoms with Crippen LogP contribution in [0.5, 0.6) is 0 Å². The van der Waals surface area contributed by atoms with E-state index in [1.54, 1.807) is 0 Å². The third-order valence-corrected chi connectivity index (χ3v) is 5.48. The van der Waals surface area contributed by atoms with Gasteiger partial charge in [-0.2, -0.15) is 0 Å². The molecule has 138 valence electrons. The number of carbonyl (C=O) groups is 1. The first-order chi connectivity index (χ1) is 12.3. The van der Waals surface area contributed by atoms with E-state index >= 15 is 0 Å². The zero-order chi connectivity index (χ0) is 17.5. The number of hydrogen-bond acceptors (Lipinski definition) is 4. The third-order valence-electron chi connectivity index (χ3n) is 5.48. The molecular weight excluding hydrogens is 316 g/mol. The quantitative estimate of drug-likeness (QED) is 0.887. The van der Waals surface area contributed by atoms with E-state index in [0.717, 1.165) is 65.2 Å². The number of hydrogen-bond donors (Lipinski definition) is 1. The number of nitrogens with zero attached hydrogens (tertiary/aromatic N) is 3. The lowest BCUT2D eigenvalue weighted by molar-refractivity contribution is 0.0161. The molecule has 6 heteroatoms. The SMILES string of the molecule is CC[C@H](CNC(=O)N1CCC(c2ccncc2)CC1)N1CCOCC1. The van der Waals surface area contributed by atoms with Gasteiger partial charge in [-0.1, -0.05) is 6.92 Å². The van der Waals surface area contributed by atoms with Crippen LogP contribution in [0.1, 0.15) is 37.7 Å². The van der Waals surface area contributed by atoms with Crippen LogP contribution in [0.2, 0.25) is 0 Å². The molecule has 0 aliphatic carbocycles. The lowest BCUT2D eigenvalue weighted by Gasteiger charge is -2.35. The van der Waals surface area contributed by atoms with Crippen molar-refractivity contribution in [2.45, 2.75) is 38.1 Å². The monoisotopic (exact) mass is 346 g/mol. The van der Waals surface area contributed by atoms with E-state index in [1.807, 2.05) is 17.3 Å². The van der Waals surface area contributed by atoms with Crippen LogP contribution in [0.15, 0.2) is 24.5 Å². The average Bonchev–Trinajstić information content (AvgIpc) is 2.70. The fraction of sp³-hybridized carbons (Fsp3) is 0.684. The highest BCUT2D eigenvalue weighted by molar-refractivity contribution is 5.74. The van der Waals surface area contributed by atoms with Gasteiger partial charge in [-0.05, 0) is 42.9 Å². The average molecular weight is 346 g/mol. The second-order valence-corrected chi connectivity index (χ2v) is 6.94. The van der Waals surface area contributed by atoms with Crippen molar-refractivity contribution in [3.05, 3.63) is 30.1 Å². The Morgan fingerprint density at radius 1 is 1.24 bits per heavy atom.